The number of hydrogen-bond donors (Lipinski definition) is 1. The molecule has 1 aromatic carbocycles. The SMILES string of the molecule is CC(C)Oc1ccc(NC(=O)c2cnccn2)cc1F. The van der Waals surface area contributed by atoms with Gasteiger partial charge in [0.1, 0.15) is 5.69 Å². The van der Waals surface area contributed by atoms with Gasteiger partial charge in [-0.1, -0.05) is 0 Å². The van der Waals surface area contributed by atoms with E-state index in [4.69, 9.17) is 4.74 Å². The molecule has 1 N–H and O–H groups in total. The van der Waals surface area contributed by atoms with Gasteiger partial charge < -0.3 is 10.1 Å². The molecular weight excluding hydrogens is 261 g/mol. The number of halogens is 1. The average molecular weight is 275 g/mol. The fraction of sp³-hybridized carbons (Fsp3) is 0.214. The van der Waals surface area contributed by atoms with Gasteiger partial charge in [0.05, 0.1) is 12.3 Å². The van der Waals surface area contributed by atoms with Gasteiger partial charge >= 0.3 is 0 Å². The fourth-order valence-corrected chi connectivity index (χ4v) is 1.54. The molecule has 1 aromatic heterocycles. The average Bonchev–Trinajstić information content (AvgIpc) is 2.42. The zero-order valence-corrected chi connectivity index (χ0v) is 11.1. The van der Waals surface area contributed by atoms with Gasteiger partial charge in [-0.15, -0.1) is 0 Å². The number of benzene rings is 1. The van der Waals surface area contributed by atoms with Gasteiger partial charge in [-0.05, 0) is 26.0 Å². The topological polar surface area (TPSA) is 64.1 Å². The van der Waals surface area contributed by atoms with E-state index in [2.05, 4.69) is 15.3 Å². The Kier molecular flexibility index (Phi) is 4.24. The Morgan fingerprint density at radius 2 is 2.15 bits per heavy atom. The summed E-state index contributed by atoms with van der Waals surface area (Å²) in [4.78, 5) is 19.5. The van der Waals surface area contributed by atoms with Crippen molar-refractivity contribution < 1.29 is 13.9 Å². The maximum absolute atomic E-state index is 13.8. The quantitative estimate of drug-likeness (QED) is 0.931. The second kappa shape index (κ2) is 6.10. The van der Waals surface area contributed by atoms with Gasteiger partial charge in [0, 0.05) is 24.1 Å². The van der Waals surface area contributed by atoms with Crippen molar-refractivity contribution in [3.63, 3.8) is 0 Å². The molecule has 0 saturated heterocycles. The van der Waals surface area contributed by atoms with E-state index in [1.165, 1.54) is 30.7 Å². The van der Waals surface area contributed by atoms with E-state index in [-0.39, 0.29) is 17.5 Å². The number of rotatable bonds is 4. The highest BCUT2D eigenvalue weighted by Gasteiger charge is 2.10. The Morgan fingerprint density at radius 3 is 2.75 bits per heavy atom. The van der Waals surface area contributed by atoms with Gasteiger partial charge in [-0.2, -0.15) is 0 Å². The monoisotopic (exact) mass is 275 g/mol. The predicted molar refractivity (Wildman–Crippen MR) is 72.1 cm³/mol. The molecule has 0 bridgehead atoms. The number of hydrogen-bond acceptors (Lipinski definition) is 4. The zero-order chi connectivity index (χ0) is 14.5. The number of aromatic nitrogens is 2. The molecule has 6 heteroatoms. The van der Waals surface area contributed by atoms with E-state index in [0.29, 0.717) is 5.69 Å². The Hall–Kier alpha value is -2.50. The molecule has 0 radical (unpaired) electrons. The Labute approximate surface area is 115 Å². The van der Waals surface area contributed by atoms with Crippen LogP contribution in [-0.4, -0.2) is 22.0 Å². The second-order valence-electron chi connectivity index (χ2n) is 4.36. The summed E-state index contributed by atoms with van der Waals surface area (Å²) in [6.07, 6.45) is 4.09. The molecule has 0 aliphatic heterocycles. The van der Waals surface area contributed by atoms with Gasteiger partial charge in [0.15, 0.2) is 11.6 Å². The second-order valence-corrected chi connectivity index (χ2v) is 4.36. The number of anilines is 1. The number of ether oxygens (including phenoxy) is 1. The van der Waals surface area contributed by atoms with Crippen LogP contribution in [0.5, 0.6) is 5.75 Å². The van der Waals surface area contributed by atoms with Crippen molar-refractivity contribution in [3.8, 4) is 5.75 Å². The minimum absolute atomic E-state index is 0.121. The minimum atomic E-state index is -0.532. The lowest BCUT2D eigenvalue weighted by molar-refractivity contribution is 0.102. The molecule has 0 saturated carbocycles. The molecule has 0 spiro atoms. The van der Waals surface area contributed by atoms with E-state index in [9.17, 15) is 9.18 Å². The molecule has 20 heavy (non-hydrogen) atoms. The molecule has 0 aliphatic rings. The smallest absolute Gasteiger partial charge is 0.275 e. The first-order chi connectivity index (χ1) is 9.56. The summed E-state index contributed by atoms with van der Waals surface area (Å²) in [6.45, 7) is 3.62. The van der Waals surface area contributed by atoms with Crippen molar-refractivity contribution in [1.82, 2.24) is 9.97 Å². The first-order valence-electron chi connectivity index (χ1n) is 6.10. The van der Waals surface area contributed by atoms with Gasteiger partial charge in [0.25, 0.3) is 5.91 Å². The van der Waals surface area contributed by atoms with Crippen molar-refractivity contribution in [2.45, 2.75) is 20.0 Å². The van der Waals surface area contributed by atoms with E-state index in [1.54, 1.807) is 6.07 Å². The summed E-state index contributed by atoms with van der Waals surface area (Å²) in [7, 11) is 0. The first kappa shape index (κ1) is 13.9. The van der Waals surface area contributed by atoms with E-state index >= 15 is 0 Å². The lowest BCUT2D eigenvalue weighted by Gasteiger charge is -2.11. The zero-order valence-electron chi connectivity index (χ0n) is 11.1. The summed E-state index contributed by atoms with van der Waals surface area (Å²) < 4.78 is 19.0. The lowest BCUT2D eigenvalue weighted by atomic mass is 10.2. The molecule has 1 heterocycles. The maximum Gasteiger partial charge on any atom is 0.275 e. The molecule has 0 atom stereocenters. The third kappa shape index (κ3) is 3.50. The molecule has 1 amide bonds. The van der Waals surface area contributed by atoms with Crippen LogP contribution in [0.2, 0.25) is 0 Å². The van der Waals surface area contributed by atoms with Crippen molar-refractivity contribution >= 4 is 11.6 Å². The van der Waals surface area contributed by atoms with Crippen LogP contribution in [0.3, 0.4) is 0 Å². The summed E-state index contributed by atoms with van der Waals surface area (Å²) in [6, 6.07) is 4.24. The maximum atomic E-state index is 13.8. The summed E-state index contributed by atoms with van der Waals surface area (Å²) in [5.41, 5.74) is 0.490. The van der Waals surface area contributed by atoms with Crippen molar-refractivity contribution in [2.24, 2.45) is 0 Å². The lowest BCUT2D eigenvalue weighted by Crippen LogP contribution is -2.14. The third-order valence-electron chi connectivity index (χ3n) is 2.35. The van der Waals surface area contributed by atoms with Gasteiger partial charge in [-0.25, -0.2) is 9.37 Å². The van der Waals surface area contributed by atoms with Crippen LogP contribution >= 0.6 is 0 Å². The molecule has 2 rings (SSSR count). The molecule has 104 valence electrons. The highest BCUT2D eigenvalue weighted by molar-refractivity contribution is 6.02. The Balaban J connectivity index is 2.11. The summed E-state index contributed by atoms with van der Waals surface area (Å²) in [5.74, 6) is -0.830. The van der Waals surface area contributed by atoms with Crippen LogP contribution < -0.4 is 10.1 Å². The highest BCUT2D eigenvalue weighted by Crippen LogP contribution is 2.22. The molecule has 5 nitrogen and oxygen atoms in total. The number of carbonyl (C=O) groups is 1. The fourth-order valence-electron chi connectivity index (χ4n) is 1.54. The number of nitrogens with one attached hydrogen (secondary N) is 1. The first-order valence-corrected chi connectivity index (χ1v) is 6.10. The minimum Gasteiger partial charge on any atom is -0.488 e. The van der Waals surface area contributed by atoms with Crippen LogP contribution in [0.4, 0.5) is 10.1 Å². The normalized spacial score (nSPS) is 10.4. The van der Waals surface area contributed by atoms with Crippen molar-refractivity contribution in [3.05, 3.63) is 48.3 Å². The molecule has 0 unspecified atom stereocenters. The highest BCUT2D eigenvalue weighted by atomic mass is 19.1. The van der Waals surface area contributed by atoms with Crippen LogP contribution in [-0.2, 0) is 0 Å². The molecule has 0 aliphatic carbocycles. The standard InChI is InChI=1S/C14H14FN3O2/c1-9(2)20-13-4-3-10(7-11(13)15)18-14(19)12-8-16-5-6-17-12/h3-9H,1-2H3,(H,18,19). The van der Waals surface area contributed by atoms with Crippen molar-refractivity contribution in [2.75, 3.05) is 5.32 Å². The van der Waals surface area contributed by atoms with Gasteiger partial charge in [0.2, 0.25) is 0 Å². The molecule has 0 fully saturated rings. The van der Waals surface area contributed by atoms with E-state index in [1.807, 2.05) is 13.8 Å². The predicted octanol–water partition coefficient (Wildman–Crippen LogP) is 2.66. The van der Waals surface area contributed by atoms with Crippen LogP contribution in [0, 0.1) is 5.82 Å². The molecular formula is C14H14FN3O2. The number of carbonyl (C=O) groups excluding carboxylic acids is 1. The van der Waals surface area contributed by atoms with Crippen molar-refractivity contribution in [1.29, 1.82) is 0 Å². The van der Waals surface area contributed by atoms with Crippen LogP contribution in [0.1, 0.15) is 24.3 Å². The third-order valence-corrected chi connectivity index (χ3v) is 2.35. The summed E-state index contributed by atoms with van der Waals surface area (Å²) in [5, 5.41) is 2.54. The van der Waals surface area contributed by atoms with Gasteiger partial charge in [-0.3, -0.25) is 9.78 Å². The van der Waals surface area contributed by atoms with E-state index in [0.717, 1.165) is 0 Å². The molecule has 2 aromatic rings. The largest absolute Gasteiger partial charge is 0.488 e. The number of nitrogens with zero attached hydrogens (tertiary/aromatic N) is 2. The van der Waals surface area contributed by atoms with E-state index < -0.39 is 11.7 Å². The Bertz CT molecular complexity index is 603. The number of amides is 1. The van der Waals surface area contributed by atoms with Crippen LogP contribution in [0.25, 0.3) is 0 Å². The Morgan fingerprint density at radius 1 is 1.35 bits per heavy atom. The van der Waals surface area contributed by atoms with Crippen LogP contribution in [0.15, 0.2) is 36.8 Å². The summed E-state index contributed by atoms with van der Waals surface area (Å²) >= 11 is 0.